The summed E-state index contributed by atoms with van der Waals surface area (Å²) in [5.74, 6) is -1.38. The highest BCUT2D eigenvalue weighted by Gasteiger charge is 2.17. The third-order valence-corrected chi connectivity index (χ3v) is 3.50. The zero-order valence-electron chi connectivity index (χ0n) is 9.85. The van der Waals surface area contributed by atoms with Crippen molar-refractivity contribution >= 4 is 44.3 Å². The van der Waals surface area contributed by atoms with E-state index < -0.39 is 11.6 Å². The average molecular weight is 359 g/mol. The van der Waals surface area contributed by atoms with Gasteiger partial charge in [0.2, 0.25) is 0 Å². The summed E-state index contributed by atoms with van der Waals surface area (Å²) in [6.45, 7) is 0. The third-order valence-electron chi connectivity index (χ3n) is 2.82. The number of nitrogens with two attached hydrogens (primary N) is 1. The Labute approximate surface area is 125 Å². The van der Waals surface area contributed by atoms with Gasteiger partial charge in [-0.25, -0.2) is 13.8 Å². The van der Waals surface area contributed by atoms with Crippen LogP contribution in [0, 0.1) is 11.6 Å². The van der Waals surface area contributed by atoms with Crippen molar-refractivity contribution in [3.63, 3.8) is 0 Å². The Bertz CT molecular complexity index is 809. The van der Waals surface area contributed by atoms with Gasteiger partial charge in [-0.3, -0.25) is 0 Å². The molecule has 20 heavy (non-hydrogen) atoms. The van der Waals surface area contributed by atoms with Gasteiger partial charge in [0.05, 0.1) is 16.8 Å². The number of aromatic nitrogens is 2. The first-order valence-electron chi connectivity index (χ1n) is 5.55. The van der Waals surface area contributed by atoms with E-state index >= 15 is 0 Å². The summed E-state index contributed by atoms with van der Waals surface area (Å²) in [5, 5.41) is 0.418. The summed E-state index contributed by atoms with van der Waals surface area (Å²) in [6, 6.07) is 5.46. The van der Waals surface area contributed by atoms with Crippen molar-refractivity contribution in [3.05, 3.63) is 45.4 Å². The van der Waals surface area contributed by atoms with Gasteiger partial charge in [0.1, 0.15) is 23.0 Å². The first-order valence-corrected chi connectivity index (χ1v) is 6.72. The van der Waals surface area contributed by atoms with Gasteiger partial charge in [0.15, 0.2) is 0 Å². The zero-order valence-corrected chi connectivity index (χ0v) is 12.2. The summed E-state index contributed by atoms with van der Waals surface area (Å²) >= 11 is 8.91. The lowest BCUT2D eigenvalue weighted by Crippen LogP contribution is -1.92. The number of anilines is 1. The van der Waals surface area contributed by atoms with E-state index in [9.17, 15) is 8.78 Å². The number of H-pyrrole nitrogens is 1. The molecule has 0 radical (unpaired) electrons. The largest absolute Gasteiger partial charge is 0.397 e. The molecule has 3 rings (SSSR count). The smallest absolute Gasteiger partial charge is 0.144 e. The van der Waals surface area contributed by atoms with Crippen molar-refractivity contribution < 1.29 is 8.78 Å². The molecule has 0 atom stereocenters. The molecular weight excluding hydrogens is 352 g/mol. The van der Waals surface area contributed by atoms with Gasteiger partial charge in [0, 0.05) is 9.50 Å². The lowest BCUT2D eigenvalue weighted by Gasteiger charge is -2.02. The fraction of sp³-hybridized carbons (Fsp3) is 0. The molecule has 0 saturated carbocycles. The Kier molecular flexibility index (Phi) is 3.14. The van der Waals surface area contributed by atoms with Gasteiger partial charge in [-0.05, 0) is 24.3 Å². The second-order valence-electron chi connectivity index (χ2n) is 4.22. The Balaban J connectivity index is 2.28. The summed E-state index contributed by atoms with van der Waals surface area (Å²) < 4.78 is 28.2. The summed E-state index contributed by atoms with van der Waals surface area (Å²) in [6.07, 6.45) is 0. The minimum absolute atomic E-state index is 0.0662. The molecule has 1 heterocycles. The van der Waals surface area contributed by atoms with Crippen LogP contribution in [0.3, 0.4) is 0 Å². The number of nitrogen functional groups attached to an aromatic ring is 1. The predicted octanol–water partition coefficient (Wildman–Crippen LogP) is 4.51. The number of hydrogen-bond acceptors (Lipinski definition) is 2. The molecule has 2 aromatic carbocycles. The number of aromatic amines is 1. The number of nitrogens with zero attached hydrogens (tertiary/aromatic N) is 1. The minimum Gasteiger partial charge on any atom is -0.397 e. The number of rotatable bonds is 1. The Morgan fingerprint density at radius 1 is 1.15 bits per heavy atom. The molecule has 0 unspecified atom stereocenters. The van der Waals surface area contributed by atoms with Crippen molar-refractivity contribution in [1.29, 1.82) is 0 Å². The molecule has 102 valence electrons. The normalized spacial score (nSPS) is 11.2. The fourth-order valence-corrected chi connectivity index (χ4v) is 2.62. The molecule has 7 heteroatoms. The first kappa shape index (κ1) is 13.3. The molecule has 1 aromatic heterocycles. The Morgan fingerprint density at radius 2 is 1.80 bits per heavy atom. The Hall–Kier alpha value is -1.66. The van der Waals surface area contributed by atoms with Gasteiger partial charge in [0.25, 0.3) is 0 Å². The van der Waals surface area contributed by atoms with Crippen LogP contribution in [0.2, 0.25) is 5.02 Å². The second-order valence-corrected chi connectivity index (χ2v) is 5.57. The van der Waals surface area contributed by atoms with Gasteiger partial charge in [-0.15, -0.1) is 0 Å². The van der Waals surface area contributed by atoms with Gasteiger partial charge >= 0.3 is 0 Å². The highest BCUT2D eigenvalue weighted by atomic mass is 79.9. The highest BCUT2D eigenvalue weighted by Crippen LogP contribution is 2.31. The number of fused-ring (bicyclic) bond motifs is 1. The zero-order chi connectivity index (χ0) is 14.4. The fourth-order valence-electron chi connectivity index (χ4n) is 1.99. The van der Waals surface area contributed by atoms with Crippen LogP contribution in [0.15, 0.2) is 28.7 Å². The maximum absolute atomic E-state index is 13.9. The molecule has 0 bridgehead atoms. The lowest BCUT2D eigenvalue weighted by molar-refractivity contribution is 0.586. The molecule has 0 aliphatic carbocycles. The molecular formula is C13H7BrClF2N3. The van der Waals surface area contributed by atoms with Crippen LogP contribution in [0.4, 0.5) is 14.5 Å². The number of halogens is 4. The van der Waals surface area contributed by atoms with Crippen molar-refractivity contribution in [2.45, 2.75) is 0 Å². The van der Waals surface area contributed by atoms with Crippen LogP contribution in [0.5, 0.6) is 0 Å². The van der Waals surface area contributed by atoms with E-state index in [1.807, 2.05) is 0 Å². The van der Waals surface area contributed by atoms with Gasteiger partial charge in [-0.2, -0.15) is 0 Å². The van der Waals surface area contributed by atoms with Crippen molar-refractivity contribution in [2.24, 2.45) is 0 Å². The summed E-state index contributed by atoms with van der Waals surface area (Å²) in [4.78, 5) is 6.96. The third kappa shape index (κ3) is 2.14. The van der Waals surface area contributed by atoms with Crippen molar-refractivity contribution in [1.82, 2.24) is 9.97 Å². The van der Waals surface area contributed by atoms with E-state index in [0.717, 1.165) is 0 Å². The van der Waals surface area contributed by atoms with Crippen molar-refractivity contribution in [3.8, 4) is 11.4 Å². The van der Waals surface area contributed by atoms with Crippen LogP contribution < -0.4 is 5.73 Å². The molecule has 0 saturated heterocycles. The number of nitrogens with one attached hydrogen (secondary N) is 1. The van der Waals surface area contributed by atoms with Crippen LogP contribution in [0.25, 0.3) is 22.4 Å². The van der Waals surface area contributed by atoms with E-state index in [4.69, 9.17) is 17.3 Å². The maximum atomic E-state index is 13.9. The number of benzene rings is 2. The molecule has 0 amide bonds. The molecule has 0 aliphatic heterocycles. The maximum Gasteiger partial charge on any atom is 0.144 e. The minimum atomic E-state index is -0.722. The summed E-state index contributed by atoms with van der Waals surface area (Å²) in [7, 11) is 0. The monoisotopic (exact) mass is 357 g/mol. The number of hydrogen-bond donors (Lipinski definition) is 2. The molecule has 0 fully saturated rings. The van der Waals surface area contributed by atoms with Crippen molar-refractivity contribution in [2.75, 3.05) is 5.73 Å². The van der Waals surface area contributed by atoms with E-state index in [2.05, 4.69) is 25.9 Å². The van der Waals surface area contributed by atoms with Crippen LogP contribution in [0.1, 0.15) is 0 Å². The molecule has 0 spiro atoms. The predicted molar refractivity (Wildman–Crippen MR) is 78.6 cm³/mol. The number of imidazole rings is 1. The van der Waals surface area contributed by atoms with Crippen LogP contribution >= 0.6 is 27.5 Å². The quantitative estimate of drug-likeness (QED) is 0.629. The molecule has 3 aromatic rings. The average Bonchev–Trinajstić information content (AvgIpc) is 2.71. The van der Waals surface area contributed by atoms with E-state index in [-0.39, 0.29) is 11.4 Å². The van der Waals surface area contributed by atoms with Crippen LogP contribution in [-0.4, -0.2) is 9.97 Å². The van der Waals surface area contributed by atoms with Gasteiger partial charge in [-0.1, -0.05) is 27.5 Å². The first-order chi connectivity index (χ1) is 9.45. The second kappa shape index (κ2) is 4.71. The van der Waals surface area contributed by atoms with E-state index in [0.29, 0.717) is 26.2 Å². The van der Waals surface area contributed by atoms with E-state index in [1.54, 1.807) is 6.07 Å². The topological polar surface area (TPSA) is 54.7 Å². The molecule has 3 N–H and O–H groups in total. The van der Waals surface area contributed by atoms with E-state index in [1.165, 1.54) is 18.2 Å². The molecule has 3 nitrogen and oxygen atoms in total. The summed E-state index contributed by atoms with van der Waals surface area (Å²) in [5.41, 5.74) is 6.83. The standard InChI is InChI=1S/C13H7BrClF2N3/c14-5-1-7(16)11(8(17)2-5)13-19-10-4-6(15)3-9(18)12(10)20-13/h1-4H,18H2,(H,19,20). The molecule has 0 aliphatic rings. The van der Waals surface area contributed by atoms with Gasteiger partial charge < -0.3 is 10.7 Å². The highest BCUT2D eigenvalue weighted by molar-refractivity contribution is 9.10. The lowest BCUT2D eigenvalue weighted by atomic mass is 10.2. The van der Waals surface area contributed by atoms with Crippen LogP contribution in [-0.2, 0) is 0 Å². The SMILES string of the molecule is Nc1cc(Cl)cc2[nH]c(-c3c(F)cc(Br)cc3F)nc12. The Morgan fingerprint density at radius 3 is 2.45 bits per heavy atom.